The lowest BCUT2D eigenvalue weighted by molar-refractivity contribution is -0.136. The molecule has 0 amide bonds. The lowest BCUT2D eigenvalue weighted by atomic mass is 10.1. The zero-order chi connectivity index (χ0) is 14.6. The van der Waals surface area contributed by atoms with Gasteiger partial charge in [-0.15, -0.1) is 0 Å². The van der Waals surface area contributed by atoms with Crippen molar-refractivity contribution in [1.82, 2.24) is 9.71 Å². The molecule has 0 saturated heterocycles. The van der Waals surface area contributed by atoms with E-state index in [2.05, 4.69) is 9.71 Å². The Kier molecular flexibility index (Phi) is 4.41. The van der Waals surface area contributed by atoms with Gasteiger partial charge < -0.3 is 10.1 Å². The van der Waals surface area contributed by atoms with E-state index in [1.807, 2.05) is 30.5 Å². The monoisotopic (exact) mass is 296 g/mol. The Hall–Kier alpha value is -1.86. The molecule has 6 nitrogen and oxygen atoms in total. The topological polar surface area (TPSA) is 99.3 Å². The van der Waals surface area contributed by atoms with Gasteiger partial charge in [0.2, 0.25) is 10.0 Å². The lowest BCUT2D eigenvalue weighted by Gasteiger charge is -2.05. The number of nitrogens with one attached hydrogen (secondary N) is 2. The minimum Gasteiger partial charge on any atom is -0.481 e. The summed E-state index contributed by atoms with van der Waals surface area (Å²) in [7, 11) is -3.52. The number of carboxylic acids is 1. The van der Waals surface area contributed by atoms with Crippen LogP contribution in [-0.4, -0.2) is 36.8 Å². The van der Waals surface area contributed by atoms with Crippen molar-refractivity contribution in [3.8, 4) is 0 Å². The van der Waals surface area contributed by atoms with E-state index in [9.17, 15) is 13.2 Å². The molecule has 0 bridgehead atoms. The normalized spacial score (nSPS) is 11.8. The van der Waals surface area contributed by atoms with E-state index in [1.54, 1.807) is 0 Å². The van der Waals surface area contributed by atoms with Gasteiger partial charge in [0.15, 0.2) is 0 Å². The number of aromatic amines is 1. The zero-order valence-corrected chi connectivity index (χ0v) is 11.6. The van der Waals surface area contributed by atoms with Crippen LogP contribution in [0.3, 0.4) is 0 Å². The Morgan fingerprint density at radius 1 is 1.30 bits per heavy atom. The van der Waals surface area contributed by atoms with Gasteiger partial charge in [-0.25, -0.2) is 13.1 Å². The van der Waals surface area contributed by atoms with E-state index in [0.717, 1.165) is 16.5 Å². The van der Waals surface area contributed by atoms with Gasteiger partial charge in [-0.1, -0.05) is 18.2 Å². The minimum absolute atomic E-state index is 0.254. The second-order valence-electron chi connectivity index (χ2n) is 4.47. The summed E-state index contributed by atoms with van der Waals surface area (Å²) in [5.41, 5.74) is 2.04. The molecule has 0 aliphatic heterocycles. The number of H-pyrrole nitrogens is 1. The number of aliphatic carboxylic acids is 1. The molecule has 0 aliphatic carbocycles. The summed E-state index contributed by atoms with van der Waals surface area (Å²) in [6, 6.07) is 7.78. The first kappa shape index (κ1) is 14.5. The summed E-state index contributed by atoms with van der Waals surface area (Å²) in [5.74, 6) is -1.51. The Morgan fingerprint density at radius 3 is 2.80 bits per heavy atom. The molecule has 20 heavy (non-hydrogen) atoms. The number of aromatic nitrogens is 1. The number of fused-ring (bicyclic) bond motifs is 1. The molecule has 7 heteroatoms. The van der Waals surface area contributed by atoms with Crippen LogP contribution in [0.25, 0.3) is 10.9 Å². The van der Waals surface area contributed by atoms with Gasteiger partial charge in [0.05, 0.1) is 12.2 Å². The van der Waals surface area contributed by atoms with Crippen LogP contribution in [0.15, 0.2) is 30.5 Å². The Bertz CT molecular complexity index is 706. The highest BCUT2D eigenvalue weighted by molar-refractivity contribution is 7.89. The quantitative estimate of drug-likeness (QED) is 0.712. The smallest absolute Gasteiger partial charge is 0.304 e. The number of rotatable bonds is 7. The van der Waals surface area contributed by atoms with Crippen molar-refractivity contribution in [3.05, 3.63) is 36.0 Å². The summed E-state index contributed by atoms with van der Waals surface area (Å²) in [4.78, 5) is 13.5. The molecule has 0 radical (unpaired) electrons. The van der Waals surface area contributed by atoms with Gasteiger partial charge in [-0.3, -0.25) is 4.79 Å². The van der Waals surface area contributed by atoms with Crippen LogP contribution in [0, 0.1) is 0 Å². The highest BCUT2D eigenvalue weighted by Gasteiger charge is 2.12. The molecule has 2 rings (SSSR count). The molecule has 3 N–H and O–H groups in total. The third-order valence-corrected chi connectivity index (χ3v) is 4.36. The molecule has 0 aliphatic rings. The van der Waals surface area contributed by atoms with Gasteiger partial charge in [-0.05, 0) is 18.1 Å². The first-order valence-corrected chi connectivity index (χ1v) is 7.87. The van der Waals surface area contributed by atoms with Crippen LogP contribution in [-0.2, 0) is 21.2 Å². The maximum Gasteiger partial charge on any atom is 0.304 e. The molecular formula is C13H16N2O4S. The third-order valence-electron chi connectivity index (χ3n) is 2.98. The summed E-state index contributed by atoms with van der Waals surface area (Å²) in [6.45, 7) is 0.254. The first-order valence-electron chi connectivity index (χ1n) is 6.22. The maximum atomic E-state index is 11.5. The predicted molar refractivity (Wildman–Crippen MR) is 76.0 cm³/mol. The van der Waals surface area contributed by atoms with Crippen LogP contribution < -0.4 is 4.72 Å². The molecule has 108 valence electrons. The largest absolute Gasteiger partial charge is 0.481 e. The number of carboxylic acid groups (broad SMARTS) is 1. The second kappa shape index (κ2) is 6.06. The Morgan fingerprint density at radius 2 is 2.05 bits per heavy atom. The van der Waals surface area contributed by atoms with Gasteiger partial charge in [0.1, 0.15) is 0 Å². The van der Waals surface area contributed by atoms with Crippen LogP contribution in [0.5, 0.6) is 0 Å². The molecule has 0 atom stereocenters. The molecule has 0 saturated carbocycles. The summed E-state index contributed by atoms with van der Waals surface area (Å²) in [6.07, 6.45) is 2.02. The SMILES string of the molecule is O=C(O)CCS(=O)(=O)NCCc1c[nH]c2ccccc12. The highest BCUT2D eigenvalue weighted by Crippen LogP contribution is 2.17. The van der Waals surface area contributed by atoms with Crippen molar-refractivity contribution >= 4 is 26.9 Å². The van der Waals surface area contributed by atoms with Crippen molar-refractivity contribution in [1.29, 1.82) is 0 Å². The fraction of sp³-hybridized carbons (Fsp3) is 0.308. The van der Waals surface area contributed by atoms with Gasteiger partial charge in [-0.2, -0.15) is 0 Å². The second-order valence-corrected chi connectivity index (χ2v) is 6.39. The summed E-state index contributed by atoms with van der Waals surface area (Å²) >= 11 is 0. The van der Waals surface area contributed by atoms with Gasteiger partial charge in [0, 0.05) is 23.6 Å². The number of para-hydroxylation sites is 1. The number of hydrogen-bond donors (Lipinski definition) is 3. The van der Waals surface area contributed by atoms with E-state index in [-0.39, 0.29) is 13.0 Å². The standard InChI is InChI=1S/C13H16N2O4S/c16-13(17)6-8-20(18,19)15-7-5-10-9-14-12-4-2-1-3-11(10)12/h1-4,9,14-15H,5-8H2,(H,16,17). The fourth-order valence-corrected chi connectivity index (χ4v) is 2.97. The van der Waals surface area contributed by atoms with Crippen LogP contribution in [0.4, 0.5) is 0 Å². The van der Waals surface area contributed by atoms with Crippen molar-refractivity contribution in [2.75, 3.05) is 12.3 Å². The molecular weight excluding hydrogens is 280 g/mol. The number of benzene rings is 1. The summed E-state index contributed by atoms with van der Waals surface area (Å²) in [5, 5.41) is 9.54. The van der Waals surface area contributed by atoms with Gasteiger partial charge >= 0.3 is 5.97 Å². The summed E-state index contributed by atoms with van der Waals surface area (Å²) < 4.78 is 25.5. The first-order chi connectivity index (χ1) is 9.48. The maximum absolute atomic E-state index is 11.5. The number of hydrogen-bond acceptors (Lipinski definition) is 3. The molecule has 2 aromatic rings. The van der Waals surface area contributed by atoms with E-state index in [1.165, 1.54) is 0 Å². The third kappa shape index (κ3) is 3.82. The van der Waals surface area contributed by atoms with Gasteiger partial charge in [0.25, 0.3) is 0 Å². The van der Waals surface area contributed by atoms with E-state index in [0.29, 0.717) is 6.42 Å². The average molecular weight is 296 g/mol. The molecule has 0 unspecified atom stereocenters. The van der Waals surface area contributed by atoms with Crippen molar-refractivity contribution < 1.29 is 18.3 Å². The molecule has 0 spiro atoms. The van der Waals surface area contributed by atoms with E-state index >= 15 is 0 Å². The van der Waals surface area contributed by atoms with Crippen LogP contribution in [0.1, 0.15) is 12.0 Å². The number of sulfonamides is 1. The van der Waals surface area contributed by atoms with Crippen molar-refractivity contribution in [2.24, 2.45) is 0 Å². The molecule has 1 aromatic carbocycles. The average Bonchev–Trinajstić information content (AvgIpc) is 2.80. The van der Waals surface area contributed by atoms with E-state index < -0.39 is 21.7 Å². The van der Waals surface area contributed by atoms with Crippen molar-refractivity contribution in [3.63, 3.8) is 0 Å². The Labute approximate surface area is 116 Å². The molecule has 1 heterocycles. The highest BCUT2D eigenvalue weighted by atomic mass is 32.2. The van der Waals surface area contributed by atoms with Crippen LogP contribution >= 0.6 is 0 Å². The lowest BCUT2D eigenvalue weighted by Crippen LogP contribution is -2.29. The predicted octanol–water partition coefficient (Wildman–Crippen LogP) is 1.10. The fourth-order valence-electron chi connectivity index (χ4n) is 1.97. The number of carbonyl (C=O) groups is 1. The van der Waals surface area contributed by atoms with E-state index in [4.69, 9.17) is 5.11 Å². The molecule has 0 fully saturated rings. The molecule has 1 aromatic heterocycles. The minimum atomic E-state index is -3.52. The van der Waals surface area contributed by atoms with Crippen molar-refractivity contribution in [2.45, 2.75) is 12.8 Å². The zero-order valence-electron chi connectivity index (χ0n) is 10.8. The van der Waals surface area contributed by atoms with Crippen LogP contribution in [0.2, 0.25) is 0 Å². The Balaban J connectivity index is 1.91.